The summed E-state index contributed by atoms with van der Waals surface area (Å²) >= 11 is 0. The van der Waals surface area contributed by atoms with Crippen molar-refractivity contribution in [1.29, 1.82) is 0 Å². The van der Waals surface area contributed by atoms with Gasteiger partial charge in [0.05, 0.1) is 13.7 Å². The topological polar surface area (TPSA) is 50.9 Å². The Balaban J connectivity index is 4.59. The van der Waals surface area contributed by atoms with Crippen LogP contribution < -0.4 is 0 Å². The lowest BCUT2D eigenvalue weighted by Crippen LogP contribution is -2.03. The highest BCUT2D eigenvalue weighted by Crippen LogP contribution is 2.03. The molecule has 0 aliphatic carbocycles. The van der Waals surface area contributed by atoms with Crippen LogP contribution in [0.4, 0.5) is 0 Å². The fraction of sp³-hybridized carbons (Fsp3) is 0.333. The molecule has 0 radical (unpaired) electrons. The molecular formula is C6H7NO3. The van der Waals surface area contributed by atoms with E-state index in [0.717, 1.165) is 7.11 Å². The summed E-state index contributed by atoms with van der Waals surface area (Å²) in [7, 11) is 1.15. The first-order valence-corrected chi connectivity index (χ1v) is 2.49. The molecule has 0 saturated carbocycles. The number of hydrogen-bond donors (Lipinski definition) is 1. The van der Waals surface area contributed by atoms with Crippen LogP contribution in [0.15, 0.2) is 11.5 Å². The average Bonchev–Trinajstić information content (AvgIpc) is 1.88. The molecule has 0 bridgehead atoms. The maximum absolute atomic E-state index is 10.5. The van der Waals surface area contributed by atoms with Gasteiger partial charge in [0.2, 0.25) is 0 Å². The predicted octanol–water partition coefficient (Wildman–Crippen LogP) is 0.868. The van der Waals surface area contributed by atoms with Gasteiger partial charge in [-0.1, -0.05) is 0 Å². The maximum Gasteiger partial charge on any atom is 0.339 e. The standard InChI is InChI=1S/C6H7NO3/c1-4(8)5(7-2)6(9)10-3/h8H,1,3H3/b5-4+. The van der Waals surface area contributed by atoms with Crippen molar-refractivity contribution < 1.29 is 14.6 Å². The van der Waals surface area contributed by atoms with Crippen LogP contribution in [0, 0.1) is 6.57 Å². The first kappa shape index (κ1) is 8.50. The van der Waals surface area contributed by atoms with Crippen LogP contribution in [0.1, 0.15) is 6.92 Å². The number of ether oxygens (including phenoxy) is 1. The number of rotatable bonds is 1. The number of methoxy groups -OCH3 is 1. The lowest BCUT2D eigenvalue weighted by molar-refractivity contribution is -0.135. The van der Waals surface area contributed by atoms with Gasteiger partial charge in [-0.3, -0.25) is 4.79 Å². The fourth-order valence-electron chi connectivity index (χ4n) is 0.371. The molecule has 0 amide bonds. The van der Waals surface area contributed by atoms with Crippen molar-refractivity contribution in [2.24, 2.45) is 0 Å². The smallest absolute Gasteiger partial charge is 0.339 e. The second-order valence-corrected chi connectivity index (χ2v) is 1.54. The number of nitrogens with zero attached hydrogens (tertiary/aromatic N) is 1. The highest BCUT2D eigenvalue weighted by atomic mass is 16.5. The summed E-state index contributed by atoms with van der Waals surface area (Å²) in [6.45, 7) is 7.68. The summed E-state index contributed by atoms with van der Waals surface area (Å²) in [5.74, 6) is -1.13. The highest BCUT2D eigenvalue weighted by molar-refractivity contribution is 5.90. The summed E-state index contributed by atoms with van der Waals surface area (Å²) in [4.78, 5) is 13.3. The third kappa shape index (κ3) is 1.78. The quantitative estimate of drug-likeness (QED) is 0.255. The van der Waals surface area contributed by atoms with Gasteiger partial charge in [0, 0.05) is 0 Å². The van der Waals surface area contributed by atoms with E-state index in [1.807, 2.05) is 0 Å². The summed E-state index contributed by atoms with van der Waals surface area (Å²) in [6, 6.07) is 0. The van der Waals surface area contributed by atoms with Crippen molar-refractivity contribution in [3.8, 4) is 0 Å². The van der Waals surface area contributed by atoms with Gasteiger partial charge in [-0.25, -0.2) is 4.85 Å². The minimum atomic E-state index is -0.810. The molecule has 0 aromatic heterocycles. The van der Waals surface area contributed by atoms with E-state index < -0.39 is 5.97 Å². The molecule has 0 fully saturated rings. The first-order chi connectivity index (χ1) is 4.63. The molecule has 0 aliphatic rings. The third-order valence-electron chi connectivity index (χ3n) is 0.833. The molecule has 4 heteroatoms. The molecule has 10 heavy (non-hydrogen) atoms. The van der Waals surface area contributed by atoms with E-state index in [9.17, 15) is 4.79 Å². The van der Waals surface area contributed by atoms with Crippen LogP contribution in [0.3, 0.4) is 0 Å². The molecule has 0 aromatic carbocycles. The van der Waals surface area contributed by atoms with Gasteiger partial charge < -0.3 is 9.84 Å². The molecule has 1 N–H and O–H groups in total. The van der Waals surface area contributed by atoms with Crippen LogP contribution in [0.25, 0.3) is 4.85 Å². The molecule has 4 nitrogen and oxygen atoms in total. The Morgan fingerprint density at radius 3 is 2.30 bits per heavy atom. The Labute approximate surface area is 58.5 Å². The number of aliphatic hydroxyl groups excluding tert-OH is 1. The van der Waals surface area contributed by atoms with Crippen LogP contribution in [-0.2, 0) is 9.53 Å². The van der Waals surface area contributed by atoms with E-state index in [2.05, 4.69) is 9.58 Å². The molecule has 0 spiro atoms. The zero-order chi connectivity index (χ0) is 8.15. The molecule has 0 aliphatic heterocycles. The fourth-order valence-corrected chi connectivity index (χ4v) is 0.371. The number of aliphatic hydroxyl groups is 1. The van der Waals surface area contributed by atoms with Crippen molar-refractivity contribution >= 4 is 5.97 Å². The van der Waals surface area contributed by atoms with Crippen LogP contribution in [0.2, 0.25) is 0 Å². The second kappa shape index (κ2) is 3.51. The summed E-state index contributed by atoms with van der Waals surface area (Å²) < 4.78 is 4.19. The largest absolute Gasteiger partial charge is 0.523 e. The van der Waals surface area contributed by atoms with E-state index in [4.69, 9.17) is 11.7 Å². The number of carbonyl (C=O) groups excluding carboxylic acids is 1. The molecule has 0 aromatic rings. The number of hydrogen-bond acceptors (Lipinski definition) is 3. The molecule has 0 heterocycles. The van der Waals surface area contributed by atoms with Crippen LogP contribution >= 0.6 is 0 Å². The lowest BCUT2D eigenvalue weighted by Gasteiger charge is -1.95. The number of esters is 1. The second-order valence-electron chi connectivity index (χ2n) is 1.54. The first-order valence-electron chi connectivity index (χ1n) is 2.49. The summed E-state index contributed by atoms with van der Waals surface area (Å²) in [5.41, 5.74) is -0.373. The Morgan fingerprint density at radius 1 is 1.70 bits per heavy atom. The maximum atomic E-state index is 10.5. The Hall–Kier alpha value is -1.50. The van der Waals surface area contributed by atoms with Gasteiger partial charge in [-0.2, -0.15) is 0 Å². The molecule has 0 unspecified atom stereocenters. The monoisotopic (exact) mass is 141 g/mol. The van der Waals surface area contributed by atoms with Gasteiger partial charge in [0.15, 0.2) is 0 Å². The van der Waals surface area contributed by atoms with Crippen molar-refractivity contribution in [2.45, 2.75) is 6.92 Å². The summed E-state index contributed by atoms with van der Waals surface area (Å²) in [5, 5.41) is 8.68. The molecule has 0 rings (SSSR count). The van der Waals surface area contributed by atoms with Gasteiger partial charge in [-0.05, 0) is 6.92 Å². The van der Waals surface area contributed by atoms with Crippen molar-refractivity contribution in [1.82, 2.24) is 0 Å². The van der Waals surface area contributed by atoms with E-state index in [0.29, 0.717) is 0 Å². The predicted molar refractivity (Wildman–Crippen MR) is 33.9 cm³/mol. The average molecular weight is 141 g/mol. The number of allylic oxidation sites excluding steroid dienone is 1. The summed E-state index contributed by atoms with van der Waals surface area (Å²) in [6.07, 6.45) is 0. The SMILES string of the molecule is [C-]#[N+]/C(C(=O)OC)=C(\C)O. The zero-order valence-corrected chi connectivity index (χ0v) is 5.71. The molecule has 54 valence electrons. The van der Waals surface area contributed by atoms with Crippen molar-refractivity contribution in [3.05, 3.63) is 22.9 Å². The minimum absolute atomic E-state index is 0.318. The van der Waals surface area contributed by atoms with Gasteiger partial charge in [0.25, 0.3) is 0 Å². The molecule has 0 atom stereocenters. The van der Waals surface area contributed by atoms with Crippen molar-refractivity contribution in [3.63, 3.8) is 0 Å². The molecular weight excluding hydrogens is 134 g/mol. The van der Waals surface area contributed by atoms with Gasteiger partial charge in [0.1, 0.15) is 5.76 Å². The van der Waals surface area contributed by atoms with Crippen molar-refractivity contribution in [2.75, 3.05) is 7.11 Å². The normalized spacial score (nSPS) is 11.3. The Morgan fingerprint density at radius 2 is 2.20 bits per heavy atom. The van der Waals surface area contributed by atoms with Gasteiger partial charge >= 0.3 is 11.7 Å². The Bertz CT molecular complexity index is 208. The van der Waals surface area contributed by atoms with Crippen LogP contribution in [-0.4, -0.2) is 18.2 Å². The van der Waals surface area contributed by atoms with E-state index in [-0.39, 0.29) is 11.5 Å². The third-order valence-corrected chi connectivity index (χ3v) is 0.833. The van der Waals surface area contributed by atoms with E-state index >= 15 is 0 Å². The zero-order valence-electron chi connectivity index (χ0n) is 5.71. The Kier molecular flexibility index (Phi) is 2.98. The number of carbonyl (C=O) groups is 1. The lowest BCUT2D eigenvalue weighted by atomic mass is 10.4. The van der Waals surface area contributed by atoms with Crippen LogP contribution in [0.5, 0.6) is 0 Å². The van der Waals surface area contributed by atoms with E-state index in [1.165, 1.54) is 6.92 Å². The van der Waals surface area contributed by atoms with E-state index in [1.54, 1.807) is 0 Å². The minimum Gasteiger partial charge on any atom is -0.523 e. The highest BCUT2D eigenvalue weighted by Gasteiger charge is 2.12. The molecule has 0 saturated heterocycles. The van der Waals surface area contributed by atoms with Gasteiger partial charge in [-0.15, -0.1) is 0 Å².